The highest BCUT2D eigenvalue weighted by Crippen LogP contribution is 2.17. The van der Waals surface area contributed by atoms with E-state index in [4.69, 9.17) is 11.5 Å². The molecule has 124 valence electrons. The number of esters is 2. The molecule has 1 atom stereocenters. The maximum atomic E-state index is 11.9. The summed E-state index contributed by atoms with van der Waals surface area (Å²) < 4.78 is 9.15. The molecule has 0 fully saturated rings. The van der Waals surface area contributed by atoms with Crippen LogP contribution in [0.3, 0.4) is 0 Å². The van der Waals surface area contributed by atoms with Gasteiger partial charge in [0.05, 0.1) is 37.8 Å². The van der Waals surface area contributed by atoms with E-state index < -0.39 is 29.8 Å². The van der Waals surface area contributed by atoms with Crippen LogP contribution in [-0.2, 0) is 19.1 Å². The molecule has 2 amide bonds. The van der Waals surface area contributed by atoms with Crippen LogP contribution in [0.4, 0.5) is 5.69 Å². The minimum Gasteiger partial charge on any atom is -0.465 e. The van der Waals surface area contributed by atoms with Crippen molar-refractivity contribution >= 4 is 29.4 Å². The molecular weight excluding hydrogens is 306 g/mol. The zero-order valence-electron chi connectivity index (χ0n) is 12.6. The molecule has 0 spiro atoms. The van der Waals surface area contributed by atoms with Gasteiger partial charge < -0.3 is 26.3 Å². The second-order valence-corrected chi connectivity index (χ2v) is 4.55. The van der Waals surface area contributed by atoms with Gasteiger partial charge in [0.1, 0.15) is 0 Å². The molecule has 1 rings (SSSR count). The molecule has 0 saturated heterocycles. The zero-order valence-corrected chi connectivity index (χ0v) is 12.6. The number of carbonyl (C=O) groups excluding carboxylic acids is 4. The van der Waals surface area contributed by atoms with Gasteiger partial charge in [0, 0.05) is 5.69 Å². The summed E-state index contributed by atoms with van der Waals surface area (Å²) >= 11 is 0. The van der Waals surface area contributed by atoms with Crippen LogP contribution < -0.4 is 16.8 Å². The van der Waals surface area contributed by atoms with Crippen molar-refractivity contribution in [1.29, 1.82) is 0 Å². The van der Waals surface area contributed by atoms with Crippen molar-refractivity contribution in [2.24, 2.45) is 11.5 Å². The van der Waals surface area contributed by atoms with E-state index in [9.17, 15) is 19.2 Å². The van der Waals surface area contributed by atoms with Gasteiger partial charge in [-0.25, -0.2) is 9.59 Å². The number of hydrogen-bond acceptors (Lipinski definition) is 7. The second-order valence-electron chi connectivity index (χ2n) is 4.55. The van der Waals surface area contributed by atoms with Crippen molar-refractivity contribution < 1.29 is 28.7 Å². The smallest absolute Gasteiger partial charge is 0.337 e. The van der Waals surface area contributed by atoms with Gasteiger partial charge in [-0.15, -0.1) is 0 Å². The number of rotatable bonds is 6. The van der Waals surface area contributed by atoms with Gasteiger partial charge in [-0.3, -0.25) is 9.59 Å². The van der Waals surface area contributed by atoms with Gasteiger partial charge in [-0.1, -0.05) is 0 Å². The van der Waals surface area contributed by atoms with Crippen molar-refractivity contribution in [3.8, 4) is 0 Å². The van der Waals surface area contributed by atoms with Crippen molar-refractivity contribution in [2.75, 3.05) is 19.5 Å². The van der Waals surface area contributed by atoms with E-state index in [-0.39, 0.29) is 23.2 Å². The second kappa shape index (κ2) is 7.90. The Morgan fingerprint density at radius 3 is 1.91 bits per heavy atom. The Bertz CT molecular complexity index is 609. The van der Waals surface area contributed by atoms with Gasteiger partial charge >= 0.3 is 11.9 Å². The van der Waals surface area contributed by atoms with E-state index in [0.717, 1.165) is 0 Å². The first kappa shape index (κ1) is 18.1. The molecule has 23 heavy (non-hydrogen) atoms. The van der Waals surface area contributed by atoms with Crippen molar-refractivity contribution in [3.05, 3.63) is 29.3 Å². The van der Waals surface area contributed by atoms with E-state index in [0.29, 0.717) is 0 Å². The summed E-state index contributed by atoms with van der Waals surface area (Å²) in [6, 6.07) is 2.70. The maximum absolute atomic E-state index is 11.9. The number of carbonyl (C=O) groups is 4. The normalized spacial score (nSPS) is 11.3. The molecule has 0 heterocycles. The summed E-state index contributed by atoms with van der Waals surface area (Å²) in [5.74, 6) is -2.83. The minimum atomic E-state index is -1.16. The van der Waals surface area contributed by atoms with Gasteiger partial charge in [0.25, 0.3) is 0 Å². The predicted octanol–water partition coefficient (Wildman–Crippen LogP) is -0.599. The number of methoxy groups -OCH3 is 2. The van der Waals surface area contributed by atoms with Crippen LogP contribution in [0.25, 0.3) is 0 Å². The van der Waals surface area contributed by atoms with E-state index in [1.54, 1.807) is 0 Å². The van der Waals surface area contributed by atoms with Gasteiger partial charge in [0.2, 0.25) is 11.8 Å². The molecule has 9 nitrogen and oxygen atoms in total. The Kier molecular flexibility index (Phi) is 6.22. The topological polar surface area (TPSA) is 151 Å². The SMILES string of the molecule is COC(=O)c1cc(NC(=O)C(N)CC(N)=O)cc(C(=O)OC)c1. The summed E-state index contributed by atoms with van der Waals surface area (Å²) in [5, 5.41) is 2.40. The van der Waals surface area contributed by atoms with E-state index in [1.165, 1.54) is 32.4 Å². The number of ether oxygens (including phenoxy) is 2. The first-order valence-electron chi connectivity index (χ1n) is 6.45. The number of anilines is 1. The lowest BCUT2D eigenvalue weighted by molar-refractivity contribution is -0.123. The summed E-state index contributed by atoms with van der Waals surface area (Å²) in [6.07, 6.45) is -0.341. The number of primary amides is 1. The van der Waals surface area contributed by atoms with Crippen LogP contribution in [0.2, 0.25) is 0 Å². The molecule has 0 aliphatic rings. The lowest BCUT2D eigenvalue weighted by atomic mass is 10.1. The number of nitrogens with two attached hydrogens (primary N) is 2. The van der Waals surface area contributed by atoms with Gasteiger partial charge in [0.15, 0.2) is 0 Å². The number of amides is 2. The lowest BCUT2D eigenvalue weighted by Gasteiger charge is -2.12. The van der Waals surface area contributed by atoms with Crippen molar-refractivity contribution in [2.45, 2.75) is 12.5 Å². The average molecular weight is 323 g/mol. The number of benzene rings is 1. The summed E-state index contributed by atoms with van der Waals surface area (Å²) in [7, 11) is 2.35. The van der Waals surface area contributed by atoms with Crippen LogP contribution in [0.15, 0.2) is 18.2 Å². The highest BCUT2D eigenvalue weighted by atomic mass is 16.5. The fourth-order valence-electron chi connectivity index (χ4n) is 1.72. The van der Waals surface area contributed by atoms with Gasteiger partial charge in [-0.2, -0.15) is 0 Å². The number of hydrogen-bond donors (Lipinski definition) is 3. The number of nitrogens with one attached hydrogen (secondary N) is 1. The van der Waals surface area contributed by atoms with Crippen LogP contribution in [0.5, 0.6) is 0 Å². The predicted molar refractivity (Wildman–Crippen MR) is 79.5 cm³/mol. The summed E-state index contributed by atoms with van der Waals surface area (Å²) in [4.78, 5) is 45.9. The fourth-order valence-corrected chi connectivity index (χ4v) is 1.72. The molecule has 0 aliphatic carbocycles. The Balaban J connectivity index is 3.09. The molecule has 9 heteroatoms. The van der Waals surface area contributed by atoms with Crippen molar-refractivity contribution in [3.63, 3.8) is 0 Å². The third-order valence-corrected chi connectivity index (χ3v) is 2.80. The standard InChI is InChI=1S/C14H17N3O6/c1-22-13(20)7-3-8(14(21)23-2)5-9(4-7)17-12(19)10(15)6-11(16)18/h3-5,10H,6,15H2,1-2H3,(H2,16,18)(H,17,19). The quantitative estimate of drug-likeness (QED) is 0.591. The summed E-state index contributed by atoms with van der Waals surface area (Å²) in [5.41, 5.74) is 10.7. The van der Waals surface area contributed by atoms with E-state index in [2.05, 4.69) is 14.8 Å². The fraction of sp³-hybridized carbons (Fsp3) is 0.286. The first-order chi connectivity index (χ1) is 10.8. The third-order valence-electron chi connectivity index (χ3n) is 2.80. The molecule has 0 aliphatic heterocycles. The molecule has 1 unspecified atom stereocenters. The van der Waals surface area contributed by atoms with Crippen molar-refractivity contribution in [1.82, 2.24) is 0 Å². The molecule has 0 saturated carbocycles. The lowest BCUT2D eigenvalue weighted by Crippen LogP contribution is -2.39. The maximum Gasteiger partial charge on any atom is 0.337 e. The van der Waals surface area contributed by atoms with Gasteiger partial charge in [-0.05, 0) is 18.2 Å². The zero-order chi connectivity index (χ0) is 17.6. The van der Waals surface area contributed by atoms with Crippen LogP contribution in [-0.4, -0.2) is 44.0 Å². The Labute approximate surface area is 131 Å². The monoisotopic (exact) mass is 323 g/mol. The first-order valence-corrected chi connectivity index (χ1v) is 6.45. The summed E-state index contributed by atoms with van der Waals surface area (Å²) in [6.45, 7) is 0. The molecule has 0 radical (unpaired) electrons. The molecule has 0 aromatic heterocycles. The van der Waals surface area contributed by atoms with E-state index >= 15 is 0 Å². The minimum absolute atomic E-state index is 0.0363. The highest BCUT2D eigenvalue weighted by molar-refractivity contribution is 6.01. The Morgan fingerprint density at radius 2 is 1.52 bits per heavy atom. The molecule has 0 bridgehead atoms. The molecule has 1 aromatic carbocycles. The Hall–Kier alpha value is -2.94. The molecule has 1 aromatic rings. The van der Waals surface area contributed by atoms with Crippen LogP contribution in [0.1, 0.15) is 27.1 Å². The third kappa shape index (κ3) is 5.08. The molecular formula is C14H17N3O6. The van der Waals surface area contributed by atoms with E-state index in [1.807, 2.05) is 0 Å². The highest BCUT2D eigenvalue weighted by Gasteiger charge is 2.19. The largest absolute Gasteiger partial charge is 0.465 e. The Morgan fingerprint density at radius 1 is 1.04 bits per heavy atom. The van der Waals surface area contributed by atoms with Crippen LogP contribution in [0, 0.1) is 0 Å². The molecule has 5 N–H and O–H groups in total. The average Bonchev–Trinajstić information content (AvgIpc) is 2.52. The van der Waals surface area contributed by atoms with Crippen LogP contribution >= 0.6 is 0 Å².